The molecule has 2 aromatic rings. The predicted octanol–water partition coefficient (Wildman–Crippen LogP) is 1.73. The van der Waals surface area contributed by atoms with Crippen LogP contribution in [0.25, 0.3) is 0 Å². The molecule has 0 unspecified atom stereocenters. The molecule has 1 heterocycles. The number of nitrogens with one attached hydrogen (secondary N) is 1. The van der Waals surface area contributed by atoms with Crippen molar-refractivity contribution in [2.24, 2.45) is 0 Å². The predicted molar refractivity (Wildman–Crippen MR) is 77.6 cm³/mol. The Morgan fingerprint density at radius 3 is 2.75 bits per heavy atom. The second kappa shape index (κ2) is 7.07. The number of aliphatic hydroxyl groups excluding tert-OH is 1. The first-order chi connectivity index (χ1) is 9.72. The van der Waals surface area contributed by atoms with Gasteiger partial charge in [-0.15, -0.1) is 0 Å². The summed E-state index contributed by atoms with van der Waals surface area (Å²) in [4.78, 5) is 0. The average Bonchev–Trinajstić information content (AvgIpc) is 2.93. The Hall–Kier alpha value is -1.85. The lowest BCUT2D eigenvalue weighted by molar-refractivity contribution is 0.269. The molecule has 1 atom stereocenters. The zero-order chi connectivity index (χ0) is 14.4. The van der Waals surface area contributed by atoms with Gasteiger partial charge in [-0.3, -0.25) is 4.68 Å². The van der Waals surface area contributed by atoms with Gasteiger partial charge in [0, 0.05) is 24.3 Å². The normalized spacial score (nSPS) is 12.3. The van der Waals surface area contributed by atoms with Crippen molar-refractivity contribution in [3.63, 3.8) is 0 Å². The number of rotatable bonds is 7. The molecule has 0 bridgehead atoms. The SMILES string of the molecule is COc1ccc([C@@H](C)NCc2cnn(CCO)c2)cc1. The summed E-state index contributed by atoms with van der Waals surface area (Å²) in [5, 5.41) is 16.5. The number of aliphatic hydroxyl groups is 1. The molecular formula is C15H21N3O2. The summed E-state index contributed by atoms with van der Waals surface area (Å²) in [6, 6.07) is 8.30. The molecule has 1 aromatic heterocycles. The molecule has 108 valence electrons. The van der Waals surface area contributed by atoms with Crippen molar-refractivity contribution in [3.8, 4) is 5.75 Å². The van der Waals surface area contributed by atoms with E-state index in [4.69, 9.17) is 9.84 Å². The molecule has 0 saturated heterocycles. The van der Waals surface area contributed by atoms with Gasteiger partial charge >= 0.3 is 0 Å². The van der Waals surface area contributed by atoms with Gasteiger partial charge < -0.3 is 15.2 Å². The second-order valence-corrected chi connectivity index (χ2v) is 4.71. The fourth-order valence-corrected chi connectivity index (χ4v) is 2.00. The Bertz CT molecular complexity index is 522. The minimum absolute atomic E-state index is 0.108. The van der Waals surface area contributed by atoms with Crippen LogP contribution < -0.4 is 10.1 Å². The van der Waals surface area contributed by atoms with Crippen LogP contribution in [0.1, 0.15) is 24.1 Å². The van der Waals surface area contributed by atoms with Crippen molar-refractivity contribution in [1.29, 1.82) is 0 Å². The van der Waals surface area contributed by atoms with Gasteiger partial charge in [-0.05, 0) is 24.6 Å². The van der Waals surface area contributed by atoms with E-state index in [9.17, 15) is 0 Å². The maximum atomic E-state index is 8.85. The van der Waals surface area contributed by atoms with Crippen molar-refractivity contribution < 1.29 is 9.84 Å². The molecule has 0 aliphatic carbocycles. The van der Waals surface area contributed by atoms with Crippen LogP contribution in [0.2, 0.25) is 0 Å². The number of hydrogen-bond acceptors (Lipinski definition) is 4. The highest BCUT2D eigenvalue weighted by molar-refractivity contribution is 5.28. The largest absolute Gasteiger partial charge is 0.497 e. The Balaban J connectivity index is 1.88. The fourth-order valence-electron chi connectivity index (χ4n) is 2.00. The van der Waals surface area contributed by atoms with Gasteiger partial charge in [-0.1, -0.05) is 12.1 Å². The van der Waals surface area contributed by atoms with Crippen LogP contribution in [0.5, 0.6) is 5.75 Å². The Kier molecular flexibility index (Phi) is 5.15. The van der Waals surface area contributed by atoms with Gasteiger partial charge in [-0.2, -0.15) is 5.10 Å². The molecular weight excluding hydrogens is 254 g/mol. The first kappa shape index (κ1) is 14.6. The summed E-state index contributed by atoms with van der Waals surface area (Å²) in [7, 11) is 1.67. The monoisotopic (exact) mass is 275 g/mol. The van der Waals surface area contributed by atoms with Gasteiger partial charge in [0.25, 0.3) is 0 Å². The number of ether oxygens (including phenoxy) is 1. The van der Waals surface area contributed by atoms with E-state index in [1.807, 2.05) is 24.5 Å². The summed E-state index contributed by atoms with van der Waals surface area (Å²) in [5.41, 5.74) is 2.33. The lowest BCUT2D eigenvalue weighted by atomic mass is 10.1. The Morgan fingerprint density at radius 2 is 2.10 bits per heavy atom. The summed E-state index contributed by atoms with van der Waals surface area (Å²) in [6.07, 6.45) is 3.77. The highest BCUT2D eigenvalue weighted by atomic mass is 16.5. The summed E-state index contributed by atoms with van der Waals surface area (Å²) in [6.45, 7) is 3.52. The van der Waals surface area contributed by atoms with Crippen LogP contribution in [-0.4, -0.2) is 28.6 Å². The minimum atomic E-state index is 0.108. The van der Waals surface area contributed by atoms with E-state index < -0.39 is 0 Å². The molecule has 0 aliphatic rings. The number of nitrogens with zero attached hydrogens (tertiary/aromatic N) is 2. The fraction of sp³-hybridized carbons (Fsp3) is 0.400. The summed E-state index contributed by atoms with van der Waals surface area (Å²) in [5.74, 6) is 0.867. The molecule has 0 fully saturated rings. The van der Waals surface area contributed by atoms with Crippen LogP contribution in [0.3, 0.4) is 0 Å². The summed E-state index contributed by atoms with van der Waals surface area (Å²) < 4.78 is 6.90. The zero-order valence-electron chi connectivity index (χ0n) is 11.9. The maximum absolute atomic E-state index is 8.85. The first-order valence-corrected chi connectivity index (χ1v) is 6.72. The Morgan fingerprint density at radius 1 is 1.35 bits per heavy atom. The number of hydrogen-bond donors (Lipinski definition) is 2. The molecule has 20 heavy (non-hydrogen) atoms. The van der Waals surface area contributed by atoms with Crippen molar-refractivity contribution in [2.45, 2.75) is 26.1 Å². The van der Waals surface area contributed by atoms with Crippen molar-refractivity contribution in [1.82, 2.24) is 15.1 Å². The number of aromatic nitrogens is 2. The lowest BCUT2D eigenvalue weighted by Gasteiger charge is -2.14. The van der Waals surface area contributed by atoms with E-state index >= 15 is 0 Å². The van der Waals surface area contributed by atoms with Gasteiger partial charge in [0.05, 0.1) is 26.5 Å². The standard InChI is InChI=1S/C15H21N3O2/c1-12(14-3-5-15(20-2)6-4-14)16-9-13-10-17-18(11-13)7-8-19/h3-6,10-12,16,19H,7-9H2,1-2H3/t12-/m1/s1. The molecule has 5 heteroatoms. The molecule has 0 radical (unpaired) electrons. The highest BCUT2D eigenvalue weighted by Crippen LogP contribution is 2.17. The molecule has 2 rings (SSSR count). The molecule has 2 N–H and O–H groups in total. The van der Waals surface area contributed by atoms with E-state index in [1.54, 1.807) is 11.8 Å². The van der Waals surface area contributed by atoms with E-state index in [0.717, 1.165) is 17.9 Å². The Labute approximate surface area is 119 Å². The topological polar surface area (TPSA) is 59.3 Å². The van der Waals surface area contributed by atoms with Crippen LogP contribution in [0, 0.1) is 0 Å². The van der Waals surface area contributed by atoms with Gasteiger partial charge in [0.15, 0.2) is 0 Å². The third-order valence-corrected chi connectivity index (χ3v) is 3.24. The maximum Gasteiger partial charge on any atom is 0.118 e. The van der Waals surface area contributed by atoms with Crippen molar-refractivity contribution in [3.05, 3.63) is 47.8 Å². The van der Waals surface area contributed by atoms with E-state index in [1.165, 1.54) is 5.56 Å². The van der Waals surface area contributed by atoms with E-state index in [0.29, 0.717) is 6.54 Å². The number of methoxy groups -OCH3 is 1. The molecule has 1 aromatic carbocycles. The smallest absolute Gasteiger partial charge is 0.118 e. The quantitative estimate of drug-likeness (QED) is 0.808. The molecule has 0 saturated carbocycles. The van der Waals surface area contributed by atoms with Crippen molar-refractivity contribution >= 4 is 0 Å². The van der Waals surface area contributed by atoms with Gasteiger partial charge in [0.2, 0.25) is 0 Å². The van der Waals surface area contributed by atoms with Crippen LogP contribution in [-0.2, 0) is 13.1 Å². The van der Waals surface area contributed by atoms with Gasteiger partial charge in [-0.25, -0.2) is 0 Å². The van der Waals surface area contributed by atoms with Gasteiger partial charge in [0.1, 0.15) is 5.75 Å². The van der Waals surface area contributed by atoms with Crippen LogP contribution >= 0.6 is 0 Å². The van der Waals surface area contributed by atoms with Crippen LogP contribution in [0.15, 0.2) is 36.7 Å². The zero-order valence-corrected chi connectivity index (χ0v) is 11.9. The van der Waals surface area contributed by atoms with E-state index in [-0.39, 0.29) is 12.6 Å². The molecule has 0 spiro atoms. The van der Waals surface area contributed by atoms with Crippen molar-refractivity contribution in [2.75, 3.05) is 13.7 Å². The second-order valence-electron chi connectivity index (χ2n) is 4.71. The summed E-state index contributed by atoms with van der Waals surface area (Å²) >= 11 is 0. The molecule has 0 amide bonds. The third-order valence-electron chi connectivity index (χ3n) is 3.24. The minimum Gasteiger partial charge on any atom is -0.497 e. The molecule has 0 aliphatic heterocycles. The third kappa shape index (κ3) is 3.82. The average molecular weight is 275 g/mol. The highest BCUT2D eigenvalue weighted by Gasteiger charge is 2.06. The van der Waals surface area contributed by atoms with E-state index in [2.05, 4.69) is 29.5 Å². The van der Waals surface area contributed by atoms with Crippen LogP contribution in [0.4, 0.5) is 0 Å². The number of benzene rings is 1. The lowest BCUT2D eigenvalue weighted by Crippen LogP contribution is -2.17. The first-order valence-electron chi connectivity index (χ1n) is 6.72. The molecule has 5 nitrogen and oxygen atoms in total.